The molecule has 0 fully saturated rings. The lowest BCUT2D eigenvalue weighted by Gasteiger charge is -2.17. The van der Waals surface area contributed by atoms with Crippen molar-refractivity contribution < 1.29 is 12.8 Å². The number of rotatable bonds is 3. The zero-order valence-electron chi connectivity index (χ0n) is 8.62. The number of hydrogen-bond acceptors (Lipinski definition) is 6. The van der Waals surface area contributed by atoms with E-state index in [1.54, 1.807) is 12.1 Å². The molecule has 0 aliphatic carbocycles. The number of aliphatic imine (C=N–C) groups is 1. The molecule has 1 aromatic heterocycles. The first-order valence-electron chi connectivity index (χ1n) is 4.70. The Morgan fingerprint density at radius 2 is 2.44 bits per heavy atom. The fourth-order valence-corrected chi connectivity index (χ4v) is 2.17. The molecule has 1 aromatic rings. The van der Waals surface area contributed by atoms with Gasteiger partial charge < -0.3 is 10.2 Å². The second-order valence-corrected chi connectivity index (χ2v) is 5.31. The Hall–Kier alpha value is -1.54. The van der Waals surface area contributed by atoms with Gasteiger partial charge in [-0.1, -0.05) is 0 Å². The van der Waals surface area contributed by atoms with E-state index in [4.69, 9.17) is 10.2 Å². The molecule has 7 nitrogen and oxygen atoms in total. The maximum absolute atomic E-state index is 11.6. The molecule has 0 aromatic carbocycles. The summed E-state index contributed by atoms with van der Waals surface area (Å²) in [6.07, 6.45) is 0.899. The normalized spacial score (nSPS) is 21.2. The maximum atomic E-state index is 11.6. The third kappa shape index (κ3) is 1.76. The van der Waals surface area contributed by atoms with E-state index in [-0.39, 0.29) is 11.7 Å². The van der Waals surface area contributed by atoms with Crippen molar-refractivity contribution in [1.29, 1.82) is 0 Å². The highest BCUT2D eigenvalue weighted by Crippen LogP contribution is 2.21. The topological polar surface area (TPSA) is 101 Å². The van der Waals surface area contributed by atoms with Gasteiger partial charge in [-0.05, 0) is 19.1 Å². The van der Waals surface area contributed by atoms with Crippen molar-refractivity contribution in [3.05, 3.63) is 24.2 Å². The van der Waals surface area contributed by atoms with Gasteiger partial charge in [0.25, 0.3) is 10.0 Å². The third-order valence-electron chi connectivity index (χ3n) is 2.16. The van der Waals surface area contributed by atoms with Gasteiger partial charge in [0.1, 0.15) is 5.76 Å². The molecular formula is C8H12N4O3S. The molecule has 1 unspecified atom stereocenters. The Bertz CT molecular complexity index is 493. The summed E-state index contributed by atoms with van der Waals surface area (Å²) in [5.41, 5.74) is 8.19. The van der Waals surface area contributed by atoms with Gasteiger partial charge >= 0.3 is 0 Å². The van der Waals surface area contributed by atoms with Gasteiger partial charge in [-0.15, -0.1) is 0 Å². The molecule has 8 heteroatoms. The summed E-state index contributed by atoms with van der Waals surface area (Å²) in [5, 5.41) is 0. The molecule has 1 atom stereocenters. The van der Waals surface area contributed by atoms with Crippen LogP contribution in [0.15, 0.2) is 27.8 Å². The second-order valence-electron chi connectivity index (χ2n) is 3.20. The summed E-state index contributed by atoms with van der Waals surface area (Å²) in [6, 6.07) is 3.39. The van der Waals surface area contributed by atoms with Crippen LogP contribution in [0, 0.1) is 0 Å². The van der Waals surface area contributed by atoms with Gasteiger partial charge in [0.05, 0.1) is 12.0 Å². The van der Waals surface area contributed by atoms with E-state index in [9.17, 15) is 8.42 Å². The summed E-state index contributed by atoms with van der Waals surface area (Å²) >= 11 is 0. The van der Waals surface area contributed by atoms with Crippen molar-refractivity contribution in [3.63, 3.8) is 0 Å². The summed E-state index contributed by atoms with van der Waals surface area (Å²) in [6.45, 7) is 1.53. The fraction of sp³-hybridized carbons (Fsp3) is 0.375. The van der Waals surface area contributed by atoms with Crippen LogP contribution in [0.1, 0.15) is 18.8 Å². The average Bonchev–Trinajstić information content (AvgIpc) is 2.85. The molecule has 1 aliphatic heterocycles. The number of hydrazine groups is 1. The summed E-state index contributed by atoms with van der Waals surface area (Å²) in [7, 11) is -3.45. The number of nitrogens with zero attached hydrogens (tertiary/aromatic N) is 2. The summed E-state index contributed by atoms with van der Waals surface area (Å²) in [4.78, 5) is 3.96. The lowest BCUT2D eigenvalue weighted by molar-refractivity contribution is 0.364. The van der Waals surface area contributed by atoms with Crippen LogP contribution in [-0.4, -0.2) is 24.5 Å². The van der Waals surface area contributed by atoms with Crippen LogP contribution in [-0.2, 0) is 10.0 Å². The maximum Gasteiger partial charge on any atom is 0.250 e. The summed E-state index contributed by atoms with van der Waals surface area (Å²) < 4.78 is 29.2. The minimum Gasteiger partial charge on any atom is -0.466 e. The average molecular weight is 244 g/mol. The molecule has 0 radical (unpaired) electrons. The van der Waals surface area contributed by atoms with Crippen LogP contribution in [0.25, 0.3) is 0 Å². The predicted octanol–water partition coefficient (Wildman–Crippen LogP) is -0.237. The number of nitrogens with one attached hydrogen (secondary N) is 1. The molecule has 2 heterocycles. The molecule has 0 saturated heterocycles. The van der Waals surface area contributed by atoms with Gasteiger partial charge in [0.15, 0.2) is 6.17 Å². The van der Waals surface area contributed by atoms with Gasteiger partial charge in [-0.25, -0.2) is 13.4 Å². The Balaban J connectivity index is 2.23. The standard InChI is InChI=1S/C8H12N4O3S/c1-2-16(13,14)12-8(9)10-7(11-12)6-4-3-5-15-6/h3-5,7,11H,2H2,1H3,(H2,9,10). The van der Waals surface area contributed by atoms with E-state index in [0.717, 1.165) is 4.41 Å². The van der Waals surface area contributed by atoms with Gasteiger partial charge in [0, 0.05) is 0 Å². The van der Waals surface area contributed by atoms with E-state index in [2.05, 4.69) is 10.4 Å². The lowest BCUT2D eigenvalue weighted by atomic mass is 10.4. The summed E-state index contributed by atoms with van der Waals surface area (Å²) in [5.74, 6) is 0.376. The Kier molecular flexibility index (Phi) is 2.60. The first-order valence-corrected chi connectivity index (χ1v) is 6.31. The molecule has 0 spiro atoms. The quantitative estimate of drug-likeness (QED) is 0.764. The van der Waals surface area contributed by atoms with E-state index in [0.29, 0.717) is 5.76 Å². The third-order valence-corrected chi connectivity index (χ3v) is 3.74. The Morgan fingerprint density at radius 3 is 3.00 bits per heavy atom. The van der Waals surface area contributed by atoms with E-state index < -0.39 is 16.2 Å². The number of guanidine groups is 1. The van der Waals surface area contributed by atoms with Crippen LogP contribution in [0.4, 0.5) is 0 Å². The van der Waals surface area contributed by atoms with Gasteiger partial charge in [-0.3, -0.25) is 0 Å². The fourth-order valence-electron chi connectivity index (χ4n) is 1.32. The van der Waals surface area contributed by atoms with Crippen molar-refractivity contribution in [1.82, 2.24) is 9.84 Å². The smallest absolute Gasteiger partial charge is 0.250 e. The minimum atomic E-state index is -3.45. The molecule has 0 amide bonds. The SMILES string of the molecule is CCS(=O)(=O)N1NC(c2ccco2)N=C1N. The largest absolute Gasteiger partial charge is 0.466 e. The van der Waals surface area contributed by atoms with Crippen molar-refractivity contribution in [2.75, 3.05) is 5.75 Å². The van der Waals surface area contributed by atoms with E-state index in [1.807, 2.05) is 0 Å². The first kappa shape index (κ1) is 11.0. The monoisotopic (exact) mass is 244 g/mol. The van der Waals surface area contributed by atoms with Crippen molar-refractivity contribution in [2.24, 2.45) is 10.7 Å². The molecule has 16 heavy (non-hydrogen) atoms. The molecular weight excluding hydrogens is 232 g/mol. The zero-order chi connectivity index (χ0) is 11.8. The molecule has 2 rings (SSSR count). The van der Waals surface area contributed by atoms with Crippen molar-refractivity contribution >= 4 is 16.0 Å². The number of nitrogens with two attached hydrogens (primary N) is 1. The van der Waals surface area contributed by atoms with Crippen LogP contribution in [0.5, 0.6) is 0 Å². The van der Waals surface area contributed by atoms with Crippen LogP contribution >= 0.6 is 0 Å². The van der Waals surface area contributed by atoms with E-state index in [1.165, 1.54) is 13.2 Å². The molecule has 0 bridgehead atoms. The highest BCUT2D eigenvalue weighted by molar-refractivity contribution is 7.89. The molecule has 3 N–H and O–H groups in total. The predicted molar refractivity (Wildman–Crippen MR) is 57.5 cm³/mol. The Morgan fingerprint density at radius 1 is 1.69 bits per heavy atom. The second kappa shape index (κ2) is 3.80. The first-order chi connectivity index (χ1) is 7.54. The minimum absolute atomic E-state index is 0.0545. The number of furan rings is 1. The molecule has 0 saturated carbocycles. The van der Waals surface area contributed by atoms with Crippen LogP contribution < -0.4 is 11.2 Å². The van der Waals surface area contributed by atoms with E-state index >= 15 is 0 Å². The zero-order valence-corrected chi connectivity index (χ0v) is 9.44. The lowest BCUT2D eigenvalue weighted by Crippen LogP contribution is -2.46. The van der Waals surface area contributed by atoms with Gasteiger partial charge in [0.2, 0.25) is 5.96 Å². The highest BCUT2D eigenvalue weighted by atomic mass is 32.2. The van der Waals surface area contributed by atoms with Crippen molar-refractivity contribution in [2.45, 2.75) is 13.1 Å². The van der Waals surface area contributed by atoms with Crippen molar-refractivity contribution in [3.8, 4) is 0 Å². The molecule has 1 aliphatic rings. The van der Waals surface area contributed by atoms with Gasteiger partial charge in [-0.2, -0.15) is 9.84 Å². The number of sulfonamides is 1. The Labute approximate surface area is 93.0 Å². The highest BCUT2D eigenvalue weighted by Gasteiger charge is 2.32. The number of hydrogen-bond donors (Lipinski definition) is 2. The molecule has 88 valence electrons. The van der Waals surface area contributed by atoms with Crippen LogP contribution in [0.2, 0.25) is 0 Å². The van der Waals surface area contributed by atoms with Crippen LogP contribution in [0.3, 0.4) is 0 Å².